The molecule has 0 spiro atoms. The zero-order valence-corrected chi connectivity index (χ0v) is 14.8. The van der Waals surface area contributed by atoms with Crippen LogP contribution in [0.15, 0.2) is 53.2 Å². The fraction of sp³-hybridized carbons (Fsp3) is 0.158. The molecular weight excluding hydrogens is 398 g/mol. The highest BCUT2D eigenvalue weighted by molar-refractivity contribution is 6.13. The third-order valence-corrected chi connectivity index (χ3v) is 3.63. The summed E-state index contributed by atoms with van der Waals surface area (Å²) in [7, 11) is 1.29. The molecule has 0 saturated carbocycles. The number of cyclic esters (lactones) is 1. The first-order valence-electron chi connectivity index (χ1n) is 8.06. The van der Waals surface area contributed by atoms with Crippen molar-refractivity contribution in [3.05, 3.63) is 59.3 Å². The van der Waals surface area contributed by atoms with Gasteiger partial charge in [0.25, 0.3) is 0 Å². The van der Waals surface area contributed by atoms with Gasteiger partial charge in [-0.15, -0.1) is 0 Å². The Morgan fingerprint density at radius 2 is 1.76 bits per heavy atom. The molecule has 2 aromatic carbocycles. The molecule has 0 atom stereocenters. The Morgan fingerprint density at radius 3 is 2.45 bits per heavy atom. The van der Waals surface area contributed by atoms with Crippen LogP contribution in [-0.2, 0) is 9.53 Å². The van der Waals surface area contributed by atoms with Crippen LogP contribution in [0.5, 0.6) is 17.2 Å². The average Bonchev–Trinajstić information content (AvgIpc) is 3.02. The van der Waals surface area contributed by atoms with Crippen LogP contribution < -0.4 is 14.2 Å². The van der Waals surface area contributed by atoms with E-state index >= 15 is 0 Å². The molecule has 0 radical (unpaired) electrons. The molecule has 6 nitrogen and oxygen atoms in total. The summed E-state index contributed by atoms with van der Waals surface area (Å²) in [5.41, 5.74) is 0.456. The predicted octanol–water partition coefficient (Wildman–Crippen LogP) is 4.24. The SMILES string of the molecule is COc1ccc(C=C2N=C(c3cccc(OC(F)F)c3)OC2=O)cc1OC(F)F. The minimum absolute atomic E-state index is 0.0847. The highest BCUT2D eigenvalue weighted by Gasteiger charge is 2.25. The number of ether oxygens (including phenoxy) is 4. The number of hydrogen-bond donors (Lipinski definition) is 0. The lowest BCUT2D eigenvalue weighted by Crippen LogP contribution is -2.07. The molecule has 1 aliphatic heterocycles. The van der Waals surface area contributed by atoms with Crippen molar-refractivity contribution in [2.24, 2.45) is 4.99 Å². The molecule has 0 aliphatic carbocycles. The summed E-state index contributed by atoms with van der Waals surface area (Å²) < 4.78 is 68.5. The lowest BCUT2D eigenvalue weighted by Gasteiger charge is -2.10. The molecule has 152 valence electrons. The minimum Gasteiger partial charge on any atom is -0.493 e. The summed E-state index contributed by atoms with van der Waals surface area (Å²) in [4.78, 5) is 16.1. The molecule has 0 aromatic heterocycles. The van der Waals surface area contributed by atoms with Crippen molar-refractivity contribution in [3.8, 4) is 17.2 Å². The first-order chi connectivity index (χ1) is 13.9. The van der Waals surface area contributed by atoms with Crippen molar-refractivity contribution in [3.63, 3.8) is 0 Å². The predicted molar refractivity (Wildman–Crippen MR) is 93.3 cm³/mol. The lowest BCUT2D eigenvalue weighted by molar-refractivity contribution is -0.129. The Morgan fingerprint density at radius 1 is 1.00 bits per heavy atom. The van der Waals surface area contributed by atoms with Crippen LogP contribution in [0, 0.1) is 0 Å². The van der Waals surface area contributed by atoms with Gasteiger partial charge in [-0.1, -0.05) is 12.1 Å². The number of benzene rings is 2. The van der Waals surface area contributed by atoms with Gasteiger partial charge in [0.1, 0.15) is 5.75 Å². The van der Waals surface area contributed by atoms with Crippen LogP contribution in [0.3, 0.4) is 0 Å². The second-order valence-corrected chi connectivity index (χ2v) is 5.53. The molecule has 2 aromatic rings. The number of carbonyl (C=O) groups excluding carboxylic acids is 1. The van der Waals surface area contributed by atoms with E-state index in [1.54, 1.807) is 0 Å². The van der Waals surface area contributed by atoms with E-state index in [1.807, 2.05) is 0 Å². The van der Waals surface area contributed by atoms with Crippen molar-refractivity contribution < 1.29 is 41.3 Å². The molecule has 0 fully saturated rings. The van der Waals surface area contributed by atoms with Gasteiger partial charge in [-0.2, -0.15) is 17.6 Å². The number of hydrogen-bond acceptors (Lipinski definition) is 6. The number of esters is 1. The number of methoxy groups -OCH3 is 1. The zero-order valence-electron chi connectivity index (χ0n) is 14.8. The van der Waals surface area contributed by atoms with Crippen LogP contribution in [-0.4, -0.2) is 32.2 Å². The van der Waals surface area contributed by atoms with Crippen molar-refractivity contribution in [1.29, 1.82) is 0 Å². The molecule has 0 unspecified atom stereocenters. The van der Waals surface area contributed by atoms with E-state index in [0.29, 0.717) is 5.56 Å². The largest absolute Gasteiger partial charge is 0.493 e. The Hall–Kier alpha value is -3.56. The molecule has 3 rings (SSSR count). The summed E-state index contributed by atoms with van der Waals surface area (Å²) in [6, 6.07) is 9.62. The number of nitrogens with zero attached hydrogens (tertiary/aromatic N) is 1. The van der Waals surface area contributed by atoms with Gasteiger partial charge in [-0.25, -0.2) is 9.79 Å². The molecule has 0 saturated heterocycles. The smallest absolute Gasteiger partial charge is 0.387 e. The van der Waals surface area contributed by atoms with Gasteiger partial charge in [0.05, 0.1) is 7.11 Å². The van der Waals surface area contributed by atoms with Crippen LogP contribution in [0.4, 0.5) is 17.6 Å². The molecule has 0 N–H and O–H groups in total. The maximum absolute atomic E-state index is 12.5. The normalized spacial score (nSPS) is 14.9. The van der Waals surface area contributed by atoms with E-state index in [9.17, 15) is 22.4 Å². The van der Waals surface area contributed by atoms with Crippen LogP contribution >= 0.6 is 0 Å². The van der Waals surface area contributed by atoms with E-state index in [1.165, 1.54) is 55.7 Å². The highest BCUT2D eigenvalue weighted by Crippen LogP contribution is 2.31. The third-order valence-electron chi connectivity index (χ3n) is 3.63. The molecule has 0 bridgehead atoms. The van der Waals surface area contributed by atoms with Crippen molar-refractivity contribution in [2.45, 2.75) is 13.2 Å². The van der Waals surface area contributed by atoms with Crippen LogP contribution in [0.2, 0.25) is 0 Å². The number of rotatable bonds is 7. The average molecular weight is 411 g/mol. The summed E-state index contributed by atoms with van der Waals surface area (Å²) >= 11 is 0. The van der Waals surface area contributed by atoms with E-state index in [-0.39, 0.29) is 34.4 Å². The Kier molecular flexibility index (Phi) is 6.01. The molecule has 29 heavy (non-hydrogen) atoms. The highest BCUT2D eigenvalue weighted by atomic mass is 19.3. The third kappa shape index (κ3) is 5.03. The standard InChI is InChI=1S/C19H13F4NO5/c1-26-14-6-5-10(8-15(14)28-19(22)23)7-13-17(25)29-16(24-13)11-3-2-4-12(9-11)27-18(20)21/h2-9,18-19H,1H3. The second kappa shape index (κ2) is 8.63. The first-order valence-corrected chi connectivity index (χ1v) is 8.06. The number of alkyl halides is 4. The Bertz CT molecular complexity index is 975. The topological polar surface area (TPSA) is 66.3 Å². The second-order valence-electron chi connectivity index (χ2n) is 5.53. The van der Waals surface area contributed by atoms with Gasteiger partial charge in [0, 0.05) is 5.56 Å². The van der Waals surface area contributed by atoms with E-state index in [0.717, 1.165) is 0 Å². The summed E-state index contributed by atoms with van der Waals surface area (Å²) in [6.45, 7) is -6.07. The maximum atomic E-state index is 12.5. The minimum atomic E-state index is -3.06. The van der Waals surface area contributed by atoms with Gasteiger partial charge in [-0.3, -0.25) is 0 Å². The van der Waals surface area contributed by atoms with Gasteiger partial charge in [-0.05, 0) is 42.0 Å². The number of aliphatic imine (C=N–C) groups is 1. The number of carbonyl (C=O) groups is 1. The molecule has 10 heteroatoms. The quantitative estimate of drug-likeness (QED) is 0.387. The fourth-order valence-corrected chi connectivity index (χ4v) is 2.47. The molecule has 1 heterocycles. The molecule has 1 aliphatic rings. The van der Waals surface area contributed by atoms with Crippen molar-refractivity contribution in [2.75, 3.05) is 7.11 Å². The van der Waals surface area contributed by atoms with Gasteiger partial charge in [0.2, 0.25) is 5.90 Å². The Balaban J connectivity index is 1.89. The van der Waals surface area contributed by atoms with E-state index in [4.69, 9.17) is 9.47 Å². The number of halogens is 4. The molecule has 0 amide bonds. The summed E-state index contributed by atoms with van der Waals surface area (Å²) in [5.74, 6) is -1.17. The monoisotopic (exact) mass is 411 g/mol. The molecular formula is C19H13F4NO5. The fourth-order valence-electron chi connectivity index (χ4n) is 2.47. The van der Waals surface area contributed by atoms with Crippen molar-refractivity contribution in [1.82, 2.24) is 0 Å². The first kappa shape index (κ1) is 20.2. The van der Waals surface area contributed by atoms with Gasteiger partial charge < -0.3 is 18.9 Å². The van der Waals surface area contributed by atoms with Crippen LogP contribution in [0.1, 0.15) is 11.1 Å². The van der Waals surface area contributed by atoms with E-state index < -0.39 is 19.2 Å². The van der Waals surface area contributed by atoms with E-state index in [2.05, 4.69) is 14.5 Å². The van der Waals surface area contributed by atoms with Gasteiger partial charge in [0.15, 0.2) is 17.2 Å². The summed E-state index contributed by atoms with van der Waals surface area (Å²) in [6.07, 6.45) is 1.30. The van der Waals surface area contributed by atoms with Crippen molar-refractivity contribution >= 4 is 17.9 Å². The zero-order chi connectivity index (χ0) is 21.0. The van der Waals surface area contributed by atoms with Crippen LogP contribution in [0.25, 0.3) is 6.08 Å². The lowest BCUT2D eigenvalue weighted by atomic mass is 10.1. The summed E-state index contributed by atoms with van der Waals surface area (Å²) in [5, 5.41) is 0. The maximum Gasteiger partial charge on any atom is 0.387 e. The van der Waals surface area contributed by atoms with Gasteiger partial charge >= 0.3 is 19.2 Å². The Labute approximate surface area is 162 Å².